The number of hydrogen-bond acceptors (Lipinski definition) is 2. The summed E-state index contributed by atoms with van der Waals surface area (Å²) in [5, 5.41) is 0. The van der Waals surface area contributed by atoms with Crippen molar-refractivity contribution in [2.24, 2.45) is 5.73 Å². The molecule has 2 nitrogen and oxygen atoms in total. The number of anilines is 1. The second kappa shape index (κ2) is 6.58. The monoisotopic (exact) mass is 268 g/mol. The fourth-order valence-corrected chi connectivity index (χ4v) is 2.54. The van der Waals surface area contributed by atoms with Crippen molar-refractivity contribution in [3.63, 3.8) is 0 Å². The minimum Gasteiger partial charge on any atom is -0.370 e. The van der Waals surface area contributed by atoms with Gasteiger partial charge in [-0.3, -0.25) is 0 Å². The van der Waals surface area contributed by atoms with E-state index < -0.39 is 0 Å². The molecule has 0 bridgehead atoms. The average Bonchev–Trinajstić information content (AvgIpc) is 2.46. The molecule has 0 saturated heterocycles. The van der Waals surface area contributed by atoms with E-state index in [0.29, 0.717) is 0 Å². The topological polar surface area (TPSA) is 29.3 Å². The maximum atomic E-state index is 6.22. The van der Waals surface area contributed by atoms with Crippen LogP contribution in [0.3, 0.4) is 0 Å². The summed E-state index contributed by atoms with van der Waals surface area (Å²) in [6, 6.07) is 17.2. The Hall–Kier alpha value is -1.80. The molecule has 0 aliphatic rings. The van der Waals surface area contributed by atoms with E-state index in [2.05, 4.69) is 74.3 Å². The third-order valence-corrected chi connectivity index (χ3v) is 3.69. The van der Waals surface area contributed by atoms with Crippen molar-refractivity contribution in [1.82, 2.24) is 0 Å². The molecule has 2 aromatic rings. The average molecular weight is 268 g/mol. The fourth-order valence-electron chi connectivity index (χ4n) is 2.54. The minimum absolute atomic E-state index is 0.103. The van der Waals surface area contributed by atoms with E-state index in [4.69, 9.17) is 5.73 Å². The number of nitrogens with zero attached hydrogens (tertiary/aromatic N) is 1. The van der Waals surface area contributed by atoms with Crippen molar-refractivity contribution in [3.8, 4) is 0 Å². The predicted octanol–water partition coefficient (Wildman–Crippen LogP) is 4.04. The van der Waals surface area contributed by atoms with Crippen LogP contribution in [0.1, 0.15) is 36.1 Å². The van der Waals surface area contributed by atoms with Crippen LogP contribution in [-0.2, 0) is 6.54 Å². The highest BCUT2D eigenvalue weighted by Gasteiger charge is 2.12. The first-order valence-corrected chi connectivity index (χ1v) is 7.23. The molecular formula is C18H24N2. The number of hydrogen-bond donors (Lipinski definition) is 1. The van der Waals surface area contributed by atoms with Crippen LogP contribution in [0.2, 0.25) is 0 Å². The smallest absolute Gasteiger partial charge is 0.0426 e. The zero-order chi connectivity index (χ0) is 14.5. The Labute approximate surface area is 122 Å². The maximum Gasteiger partial charge on any atom is 0.0426 e. The van der Waals surface area contributed by atoms with Crippen LogP contribution in [0.25, 0.3) is 0 Å². The SMILES string of the molecule is CC[C@H](N)c1ccccc1N(C)Cc1cccc(C)c1. The van der Waals surface area contributed by atoms with Gasteiger partial charge in [0.05, 0.1) is 0 Å². The zero-order valence-corrected chi connectivity index (χ0v) is 12.6. The first kappa shape index (κ1) is 14.6. The van der Waals surface area contributed by atoms with Gasteiger partial charge in [0.2, 0.25) is 0 Å². The summed E-state index contributed by atoms with van der Waals surface area (Å²) in [5.74, 6) is 0. The predicted molar refractivity (Wildman–Crippen MR) is 86.9 cm³/mol. The van der Waals surface area contributed by atoms with Gasteiger partial charge in [0.15, 0.2) is 0 Å². The molecule has 20 heavy (non-hydrogen) atoms. The largest absolute Gasteiger partial charge is 0.370 e. The Morgan fingerprint density at radius 1 is 1.10 bits per heavy atom. The molecule has 0 saturated carbocycles. The van der Waals surface area contributed by atoms with Crippen molar-refractivity contribution >= 4 is 5.69 Å². The van der Waals surface area contributed by atoms with E-state index in [-0.39, 0.29) is 6.04 Å². The van der Waals surface area contributed by atoms with E-state index in [1.165, 1.54) is 22.4 Å². The van der Waals surface area contributed by atoms with Crippen LogP contribution >= 0.6 is 0 Å². The van der Waals surface area contributed by atoms with Gasteiger partial charge >= 0.3 is 0 Å². The van der Waals surface area contributed by atoms with Crippen LogP contribution in [-0.4, -0.2) is 7.05 Å². The highest BCUT2D eigenvalue weighted by molar-refractivity contribution is 5.54. The molecule has 1 atom stereocenters. The Morgan fingerprint density at radius 2 is 1.85 bits per heavy atom. The third kappa shape index (κ3) is 3.40. The second-order valence-electron chi connectivity index (χ2n) is 5.42. The number of benzene rings is 2. The molecule has 106 valence electrons. The van der Waals surface area contributed by atoms with Crippen LogP contribution < -0.4 is 10.6 Å². The highest BCUT2D eigenvalue weighted by Crippen LogP contribution is 2.27. The molecule has 2 heteroatoms. The minimum atomic E-state index is 0.103. The fraction of sp³-hybridized carbons (Fsp3) is 0.333. The lowest BCUT2D eigenvalue weighted by Gasteiger charge is -2.25. The third-order valence-electron chi connectivity index (χ3n) is 3.69. The highest BCUT2D eigenvalue weighted by atomic mass is 15.1. The van der Waals surface area contributed by atoms with Crippen LogP contribution in [0.4, 0.5) is 5.69 Å². The standard InChI is InChI=1S/C18H24N2/c1-4-17(19)16-10-5-6-11-18(16)20(3)13-15-9-7-8-14(2)12-15/h5-12,17H,4,13,19H2,1-3H3/t17-/m0/s1. The molecule has 0 spiro atoms. The lowest BCUT2D eigenvalue weighted by atomic mass is 10.0. The molecule has 0 aromatic heterocycles. The number of rotatable bonds is 5. The van der Waals surface area contributed by atoms with Gasteiger partial charge in [-0.1, -0.05) is 55.0 Å². The summed E-state index contributed by atoms with van der Waals surface area (Å²) in [5.41, 5.74) is 11.3. The van der Waals surface area contributed by atoms with Gasteiger partial charge < -0.3 is 10.6 Å². The van der Waals surface area contributed by atoms with Crippen LogP contribution in [0.15, 0.2) is 48.5 Å². The van der Waals surface area contributed by atoms with Gasteiger partial charge in [0.1, 0.15) is 0 Å². The normalized spacial score (nSPS) is 12.2. The first-order valence-electron chi connectivity index (χ1n) is 7.23. The van der Waals surface area contributed by atoms with Crippen LogP contribution in [0, 0.1) is 6.92 Å². The van der Waals surface area contributed by atoms with Gasteiger partial charge in [-0.15, -0.1) is 0 Å². The summed E-state index contributed by atoms with van der Waals surface area (Å²) >= 11 is 0. The summed E-state index contributed by atoms with van der Waals surface area (Å²) < 4.78 is 0. The molecule has 0 heterocycles. The summed E-state index contributed by atoms with van der Waals surface area (Å²) in [6.45, 7) is 5.15. The van der Waals surface area contributed by atoms with E-state index in [9.17, 15) is 0 Å². The molecule has 0 fully saturated rings. The second-order valence-corrected chi connectivity index (χ2v) is 5.42. The summed E-state index contributed by atoms with van der Waals surface area (Å²) in [4.78, 5) is 2.28. The maximum absolute atomic E-state index is 6.22. The van der Waals surface area contributed by atoms with Crippen molar-refractivity contribution in [2.75, 3.05) is 11.9 Å². The Bertz CT molecular complexity index is 563. The van der Waals surface area contributed by atoms with Gasteiger partial charge in [-0.05, 0) is 30.5 Å². The molecular weight excluding hydrogens is 244 g/mol. The quantitative estimate of drug-likeness (QED) is 0.886. The summed E-state index contributed by atoms with van der Waals surface area (Å²) in [7, 11) is 2.13. The molecule has 2 N–H and O–H groups in total. The van der Waals surface area contributed by atoms with Gasteiger partial charge in [0.25, 0.3) is 0 Å². The number of nitrogens with two attached hydrogens (primary N) is 1. The lowest BCUT2D eigenvalue weighted by Crippen LogP contribution is -2.20. The Morgan fingerprint density at radius 3 is 2.55 bits per heavy atom. The van der Waals surface area contributed by atoms with Crippen molar-refractivity contribution in [1.29, 1.82) is 0 Å². The van der Waals surface area contributed by atoms with Gasteiger partial charge in [-0.25, -0.2) is 0 Å². The van der Waals surface area contributed by atoms with Crippen molar-refractivity contribution in [2.45, 2.75) is 32.9 Å². The molecule has 0 radical (unpaired) electrons. The van der Waals surface area contributed by atoms with Gasteiger partial charge in [-0.2, -0.15) is 0 Å². The molecule has 0 aliphatic carbocycles. The lowest BCUT2D eigenvalue weighted by molar-refractivity contribution is 0.694. The molecule has 2 rings (SSSR count). The molecule has 0 amide bonds. The number of para-hydroxylation sites is 1. The van der Waals surface area contributed by atoms with E-state index >= 15 is 0 Å². The van der Waals surface area contributed by atoms with E-state index in [1.807, 2.05) is 0 Å². The summed E-state index contributed by atoms with van der Waals surface area (Å²) in [6.07, 6.45) is 0.954. The van der Waals surface area contributed by atoms with E-state index in [0.717, 1.165) is 13.0 Å². The molecule has 0 unspecified atom stereocenters. The van der Waals surface area contributed by atoms with Crippen molar-refractivity contribution < 1.29 is 0 Å². The van der Waals surface area contributed by atoms with Crippen LogP contribution in [0.5, 0.6) is 0 Å². The number of aryl methyl sites for hydroxylation is 1. The molecule has 0 aliphatic heterocycles. The Kier molecular flexibility index (Phi) is 4.80. The van der Waals surface area contributed by atoms with Gasteiger partial charge in [0, 0.05) is 25.3 Å². The zero-order valence-electron chi connectivity index (χ0n) is 12.6. The molecule has 2 aromatic carbocycles. The van der Waals surface area contributed by atoms with Crippen molar-refractivity contribution in [3.05, 3.63) is 65.2 Å². The Balaban J connectivity index is 2.23. The van der Waals surface area contributed by atoms with E-state index in [1.54, 1.807) is 0 Å². The first-order chi connectivity index (χ1) is 9.61.